The Kier molecular flexibility index (Phi) is 6.05. The topological polar surface area (TPSA) is 70.5 Å². The van der Waals surface area contributed by atoms with E-state index < -0.39 is 0 Å². The third-order valence-corrected chi connectivity index (χ3v) is 7.28. The number of piperidine rings is 2. The fourth-order valence-electron chi connectivity index (χ4n) is 5.54. The minimum Gasteiger partial charge on any atom is -0.493 e. The summed E-state index contributed by atoms with van der Waals surface area (Å²) in [4.78, 5) is 11.9. The zero-order valence-corrected chi connectivity index (χ0v) is 17.8. The van der Waals surface area contributed by atoms with Crippen molar-refractivity contribution in [3.05, 3.63) is 24.4 Å². The molecule has 3 fully saturated rings. The van der Waals surface area contributed by atoms with Crippen molar-refractivity contribution in [2.45, 2.75) is 76.0 Å². The summed E-state index contributed by atoms with van der Waals surface area (Å²) in [6.07, 6.45) is 12.0. The number of ether oxygens (including phenoxy) is 1. The number of rotatable bonds is 5. The molecule has 0 spiro atoms. The summed E-state index contributed by atoms with van der Waals surface area (Å²) in [5.74, 6) is 2.21. The molecule has 3 aliphatic rings. The molecule has 2 N–H and O–H groups in total. The van der Waals surface area contributed by atoms with E-state index in [0.717, 1.165) is 48.9 Å². The summed E-state index contributed by atoms with van der Waals surface area (Å²) >= 11 is 0. The maximum Gasteiger partial charge on any atom is 0.223 e. The first-order chi connectivity index (χ1) is 14.7. The van der Waals surface area contributed by atoms with Crippen LogP contribution in [0.2, 0.25) is 0 Å². The Morgan fingerprint density at radius 1 is 1.03 bits per heavy atom. The molecule has 1 saturated carbocycles. The summed E-state index contributed by atoms with van der Waals surface area (Å²) in [5.41, 5.74) is 0.920. The molecular formula is C24H34N4O2. The number of hydrogen-bond donors (Lipinski definition) is 2. The van der Waals surface area contributed by atoms with Crippen molar-refractivity contribution in [3.8, 4) is 5.75 Å². The van der Waals surface area contributed by atoms with Crippen LogP contribution in [0.4, 0.5) is 5.95 Å². The van der Waals surface area contributed by atoms with Crippen molar-refractivity contribution in [1.82, 2.24) is 14.9 Å². The summed E-state index contributed by atoms with van der Waals surface area (Å²) in [7, 11) is 0. The molecule has 6 heteroatoms. The molecule has 1 aromatic carbocycles. The lowest BCUT2D eigenvalue weighted by Crippen LogP contribution is -2.49. The molecule has 2 saturated heterocycles. The third kappa shape index (κ3) is 4.54. The quantitative estimate of drug-likeness (QED) is 0.777. The van der Waals surface area contributed by atoms with Crippen LogP contribution in [0.3, 0.4) is 0 Å². The van der Waals surface area contributed by atoms with Crippen molar-refractivity contribution in [1.29, 1.82) is 0 Å². The van der Waals surface area contributed by atoms with Crippen LogP contribution in [-0.4, -0.2) is 57.9 Å². The van der Waals surface area contributed by atoms with E-state index in [1.165, 1.54) is 45.2 Å². The molecule has 162 valence electrons. The molecule has 1 aliphatic carbocycles. The van der Waals surface area contributed by atoms with E-state index in [4.69, 9.17) is 9.72 Å². The molecule has 0 amide bonds. The van der Waals surface area contributed by atoms with Crippen LogP contribution in [0.15, 0.2) is 24.4 Å². The van der Waals surface area contributed by atoms with Crippen LogP contribution in [0.25, 0.3) is 10.9 Å². The first-order valence-electron chi connectivity index (χ1n) is 11.8. The van der Waals surface area contributed by atoms with Crippen LogP contribution in [-0.2, 0) is 0 Å². The number of hydrogen-bond acceptors (Lipinski definition) is 6. The highest BCUT2D eigenvalue weighted by Crippen LogP contribution is 2.32. The second-order valence-electron chi connectivity index (χ2n) is 9.38. The molecule has 0 radical (unpaired) electrons. The molecule has 2 atom stereocenters. The second-order valence-corrected chi connectivity index (χ2v) is 9.38. The highest BCUT2D eigenvalue weighted by atomic mass is 16.5. The van der Waals surface area contributed by atoms with Gasteiger partial charge in [-0.2, -0.15) is 0 Å². The molecular weight excluding hydrogens is 376 g/mol. The normalized spacial score (nSPS) is 30.0. The SMILES string of the molecule is O[C@H]1CC[C@H](Nc2ncc3ccc(OC[C@@H]4CCCN5CCCC[C@H]45)cc3n2)CC1. The van der Waals surface area contributed by atoms with Gasteiger partial charge in [-0.3, -0.25) is 4.90 Å². The fraction of sp³-hybridized carbons (Fsp3) is 0.667. The maximum absolute atomic E-state index is 9.70. The van der Waals surface area contributed by atoms with Gasteiger partial charge in [0.1, 0.15) is 5.75 Å². The molecule has 0 unspecified atom stereocenters. The van der Waals surface area contributed by atoms with E-state index in [2.05, 4.69) is 21.3 Å². The Morgan fingerprint density at radius 3 is 2.80 bits per heavy atom. The van der Waals surface area contributed by atoms with Crippen molar-refractivity contribution in [2.24, 2.45) is 5.92 Å². The molecule has 1 aromatic heterocycles. The van der Waals surface area contributed by atoms with Crippen molar-refractivity contribution >= 4 is 16.9 Å². The lowest BCUT2D eigenvalue weighted by atomic mass is 9.84. The first-order valence-corrected chi connectivity index (χ1v) is 11.8. The van der Waals surface area contributed by atoms with Gasteiger partial charge >= 0.3 is 0 Å². The van der Waals surface area contributed by atoms with Crippen molar-refractivity contribution in [2.75, 3.05) is 25.0 Å². The zero-order valence-electron chi connectivity index (χ0n) is 17.8. The number of anilines is 1. The van der Waals surface area contributed by atoms with Gasteiger partial charge in [-0.1, -0.05) is 6.42 Å². The summed E-state index contributed by atoms with van der Waals surface area (Å²) < 4.78 is 6.27. The van der Waals surface area contributed by atoms with E-state index in [9.17, 15) is 5.11 Å². The third-order valence-electron chi connectivity index (χ3n) is 7.28. The fourth-order valence-corrected chi connectivity index (χ4v) is 5.54. The number of nitrogens with zero attached hydrogens (tertiary/aromatic N) is 3. The van der Waals surface area contributed by atoms with Crippen molar-refractivity contribution in [3.63, 3.8) is 0 Å². The van der Waals surface area contributed by atoms with E-state index in [1.54, 1.807) is 0 Å². The van der Waals surface area contributed by atoms with Gasteiger partial charge in [0.05, 0.1) is 18.2 Å². The highest BCUT2D eigenvalue weighted by molar-refractivity contribution is 5.80. The molecule has 5 rings (SSSR count). The van der Waals surface area contributed by atoms with Gasteiger partial charge in [-0.05, 0) is 76.6 Å². The lowest BCUT2D eigenvalue weighted by Gasteiger charge is -2.44. The average molecular weight is 411 g/mol. The molecule has 0 bridgehead atoms. The number of aliphatic hydroxyl groups is 1. The predicted molar refractivity (Wildman–Crippen MR) is 119 cm³/mol. The van der Waals surface area contributed by atoms with Gasteiger partial charge in [0, 0.05) is 35.7 Å². The van der Waals surface area contributed by atoms with Gasteiger partial charge in [0.15, 0.2) is 0 Å². The number of fused-ring (bicyclic) bond motifs is 2. The second kappa shape index (κ2) is 9.06. The number of aliphatic hydroxyl groups excluding tert-OH is 1. The summed E-state index contributed by atoms with van der Waals surface area (Å²) in [6, 6.07) is 7.20. The van der Waals surface area contributed by atoms with E-state index >= 15 is 0 Å². The Labute approximate surface area is 179 Å². The summed E-state index contributed by atoms with van der Waals surface area (Å²) in [5, 5.41) is 14.2. The van der Waals surface area contributed by atoms with Crippen LogP contribution < -0.4 is 10.1 Å². The Hall–Kier alpha value is -1.92. The number of nitrogens with one attached hydrogen (secondary N) is 1. The Morgan fingerprint density at radius 2 is 1.90 bits per heavy atom. The smallest absolute Gasteiger partial charge is 0.223 e. The monoisotopic (exact) mass is 410 g/mol. The molecule has 30 heavy (non-hydrogen) atoms. The maximum atomic E-state index is 9.70. The van der Waals surface area contributed by atoms with Crippen LogP contribution >= 0.6 is 0 Å². The summed E-state index contributed by atoms with van der Waals surface area (Å²) in [6.45, 7) is 3.33. The van der Waals surface area contributed by atoms with E-state index in [0.29, 0.717) is 23.9 Å². The highest BCUT2D eigenvalue weighted by Gasteiger charge is 2.33. The van der Waals surface area contributed by atoms with Crippen molar-refractivity contribution < 1.29 is 9.84 Å². The van der Waals surface area contributed by atoms with Crippen LogP contribution in [0.5, 0.6) is 5.75 Å². The predicted octanol–water partition coefficient (Wildman–Crippen LogP) is 3.99. The Bertz CT molecular complexity index is 850. The minimum atomic E-state index is -0.148. The van der Waals surface area contributed by atoms with Crippen LogP contribution in [0, 0.1) is 5.92 Å². The van der Waals surface area contributed by atoms with E-state index in [1.807, 2.05) is 18.3 Å². The Balaban J connectivity index is 1.23. The molecule has 6 nitrogen and oxygen atoms in total. The van der Waals surface area contributed by atoms with Gasteiger partial charge in [-0.25, -0.2) is 9.97 Å². The van der Waals surface area contributed by atoms with Gasteiger partial charge in [0.2, 0.25) is 5.95 Å². The van der Waals surface area contributed by atoms with Gasteiger partial charge in [0.25, 0.3) is 0 Å². The number of benzene rings is 1. The van der Waals surface area contributed by atoms with E-state index in [-0.39, 0.29) is 6.10 Å². The molecule has 2 aromatic rings. The number of aromatic nitrogens is 2. The average Bonchev–Trinajstić information content (AvgIpc) is 2.79. The lowest BCUT2D eigenvalue weighted by molar-refractivity contribution is 0.0366. The zero-order chi connectivity index (χ0) is 20.3. The van der Waals surface area contributed by atoms with Crippen LogP contribution in [0.1, 0.15) is 57.8 Å². The van der Waals surface area contributed by atoms with Gasteiger partial charge < -0.3 is 15.2 Å². The van der Waals surface area contributed by atoms with Gasteiger partial charge in [-0.15, -0.1) is 0 Å². The minimum absolute atomic E-state index is 0.148. The molecule has 3 heterocycles. The first kappa shape index (κ1) is 20.0. The largest absolute Gasteiger partial charge is 0.493 e. The standard InChI is InChI=1S/C24H34N4O2/c29-20-9-7-19(8-10-20)26-24-25-15-17-6-11-21(14-22(17)27-24)30-16-18-4-3-13-28-12-2-1-5-23(18)28/h6,11,14-15,18-20,23,29H,1-5,7-10,12-13,16H2,(H,25,26,27)/t18-,19-,20-,23+/m0/s1. The molecule has 2 aliphatic heterocycles.